The van der Waals surface area contributed by atoms with Crippen molar-refractivity contribution in [1.29, 1.82) is 10.5 Å². The number of alkyl halides is 1. The number of nitrogens with zero attached hydrogens (tertiary/aromatic N) is 5. The Labute approximate surface area is 251 Å². The molecule has 2 atom stereocenters. The Balaban J connectivity index is 0.000000557. The summed E-state index contributed by atoms with van der Waals surface area (Å²) in [5.41, 5.74) is 2.26. The minimum atomic E-state index is 0. The number of nitriles is 2. The molecule has 2 aromatic rings. The van der Waals surface area contributed by atoms with Crippen molar-refractivity contribution in [3.8, 4) is 12.4 Å². The summed E-state index contributed by atoms with van der Waals surface area (Å²) in [4.78, 5) is 10.2. The van der Waals surface area contributed by atoms with Crippen LogP contribution in [-0.4, -0.2) is 43.0 Å². The van der Waals surface area contributed by atoms with Crippen molar-refractivity contribution in [2.75, 3.05) is 26.2 Å². The zero-order valence-electron chi connectivity index (χ0n) is 21.5. The maximum absolute atomic E-state index is 8.65. The first-order valence-corrected chi connectivity index (χ1v) is 12.1. The standard InChI is InChI=1S/C12H13ClN4.C8H8Cl2.C4H6N4.Na.H/c1-9(10-2-4-11(13)5-3-10)17-7-6-15-12(17)16-8-14;1-6(9)7-2-4-8(10)5-3-7;5-3-8-4-6-1-2-7-4;;/h2-5,9H,6-7H2,1H3,(H,15,16);2-6H,1H3;1-2H2,(H2,6,7,8);;/q;;;+1;-1. The minimum absolute atomic E-state index is 0. The minimum Gasteiger partial charge on any atom is -1.00 e. The van der Waals surface area contributed by atoms with Gasteiger partial charge in [-0.25, -0.2) is 0 Å². The largest absolute Gasteiger partial charge is 1.00 e. The van der Waals surface area contributed by atoms with Crippen LogP contribution in [0.25, 0.3) is 0 Å². The number of aliphatic imine (C=N–C) groups is 2. The van der Waals surface area contributed by atoms with Gasteiger partial charge in [-0.3, -0.25) is 20.6 Å². The van der Waals surface area contributed by atoms with Crippen LogP contribution in [0.15, 0.2) is 58.5 Å². The fourth-order valence-corrected chi connectivity index (χ4v) is 3.58. The topological polar surface area (TPSA) is 112 Å². The molecular weight excluding hydrogens is 530 g/mol. The van der Waals surface area contributed by atoms with Crippen molar-refractivity contribution < 1.29 is 31.0 Å². The zero-order valence-corrected chi connectivity index (χ0v) is 24.7. The summed E-state index contributed by atoms with van der Waals surface area (Å²) in [7, 11) is 0. The van der Waals surface area contributed by atoms with Crippen molar-refractivity contribution in [2.24, 2.45) is 9.98 Å². The number of guanidine groups is 2. The SMILES string of the molecule is CC(Cl)c1ccc(Cl)cc1.CC(c1ccc(Cl)cc1)N1CCN=C1NC#N.N#CNC1=NCCN1.[H-].[Na+]. The molecule has 12 heteroatoms. The Bertz CT molecular complexity index is 1080. The molecule has 2 unspecified atom stereocenters. The summed E-state index contributed by atoms with van der Waals surface area (Å²) in [5, 5.41) is 26.1. The van der Waals surface area contributed by atoms with Gasteiger partial charge in [-0.05, 0) is 49.2 Å². The quantitative estimate of drug-likeness (QED) is 0.230. The Kier molecular flexibility index (Phi) is 15.3. The van der Waals surface area contributed by atoms with Crippen LogP contribution < -0.4 is 45.5 Å². The van der Waals surface area contributed by atoms with Crippen molar-refractivity contribution in [3.05, 3.63) is 69.7 Å². The van der Waals surface area contributed by atoms with E-state index >= 15 is 0 Å². The molecule has 2 aromatic carbocycles. The number of hydrogen-bond donors (Lipinski definition) is 3. The average molecular weight is 558 g/mol. The van der Waals surface area contributed by atoms with Gasteiger partial charge in [0.2, 0.25) is 11.9 Å². The van der Waals surface area contributed by atoms with Gasteiger partial charge in [0.25, 0.3) is 0 Å². The number of rotatable bonds is 3. The molecule has 0 radical (unpaired) electrons. The maximum atomic E-state index is 8.65. The molecule has 4 rings (SSSR count). The van der Waals surface area contributed by atoms with E-state index in [1.807, 2.05) is 61.6 Å². The van der Waals surface area contributed by atoms with Crippen molar-refractivity contribution >= 4 is 46.7 Å². The predicted octanol–water partition coefficient (Wildman–Crippen LogP) is 1.92. The van der Waals surface area contributed by atoms with E-state index in [1.54, 1.807) is 6.19 Å². The van der Waals surface area contributed by atoms with Crippen LogP contribution in [0.4, 0.5) is 0 Å². The summed E-state index contributed by atoms with van der Waals surface area (Å²) in [6.45, 7) is 7.18. The van der Waals surface area contributed by atoms with Gasteiger partial charge >= 0.3 is 29.6 Å². The van der Waals surface area contributed by atoms with E-state index in [4.69, 9.17) is 45.3 Å². The number of halogens is 3. The van der Waals surface area contributed by atoms with Gasteiger partial charge < -0.3 is 11.6 Å². The second-order valence-corrected chi connectivity index (χ2v) is 8.95. The van der Waals surface area contributed by atoms with Gasteiger partial charge in [-0.1, -0.05) is 47.5 Å². The van der Waals surface area contributed by atoms with Crippen LogP contribution >= 0.6 is 34.8 Å². The van der Waals surface area contributed by atoms with E-state index < -0.39 is 0 Å². The molecule has 36 heavy (non-hydrogen) atoms. The number of nitrogens with one attached hydrogen (secondary N) is 3. The maximum Gasteiger partial charge on any atom is 1.00 e. The number of hydrogen-bond acceptors (Lipinski definition) is 8. The van der Waals surface area contributed by atoms with E-state index in [0.717, 1.165) is 47.4 Å². The molecule has 2 heterocycles. The smallest absolute Gasteiger partial charge is 1.00 e. The van der Waals surface area contributed by atoms with E-state index in [2.05, 4.69) is 37.8 Å². The molecule has 0 aliphatic carbocycles. The average Bonchev–Trinajstić information content (AvgIpc) is 3.53. The monoisotopic (exact) mass is 556 g/mol. The molecule has 2 aliphatic heterocycles. The molecular formula is C24H28Cl3N8Na. The van der Waals surface area contributed by atoms with Crippen LogP contribution in [0.1, 0.15) is 37.8 Å². The van der Waals surface area contributed by atoms with Crippen LogP contribution in [0.3, 0.4) is 0 Å². The third-order valence-electron chi connectivity index (χ3n) is 5.04. The van der Waals surface area contributed by atoms with E-state index in [0.29, 0.717) is 11.9 Å². The molecule has 0 amide bonds. The predicted molar refractivity (Wildman–Crippen MR) is 144 cm³/mol. The summed E-state index contributed by atoms with van der Waals surface area (Å²) < 4.78 is 0. The van der Waals surface area contributed by atoms with Crippen molar-refractivity contribution in [1.82, 2.24) is 20.9 Å². The van der Waals surface area contributed by atoms with Gasteiger partial charge in [0, 0.05) is 23.1 Å². The van der Waals surface area contributed by atoms with Crippen LogP contribution in [0, 0.1) is 22.9 Å². The molecule has 8 nitrogen and oxygen atoms in total. The fraction of sp³-hybridized carbons (Fsp3) is 0.333. The van der Waals surface area contributed by atoms with E-state index in [1.165, 1.54) is 0 Å². The molecule has 0 aromatic heterocycles. The van der Waals surface area contributed by atoms with Crippen LogP contribution in [0.2, 0.25) is 10.0 Å². The van der Waals surface area contributed by atoms with Crippen LogP contribution in [-0.2, 0) is 0 Å². The normalized spacial score (nSPS) is 14.9. The van der Waals surface area contributed by atoms with Gasteiger partial charge in [-0.15, -0.1) is 11.6 Å². The zero-order chi connectivity index (χ0) is 25.6. The second kappa shape index (κ2) is 17.3. The first kappa shape index (κ1) is 31.9. The van der Waals surface area contributed by atoms with Gasteiger partial charge in [-0.2, -0.15) is 10.5 Å². The summed E-state index contributed by atoms with van der Waals surface area (Å²) in [5.74, 6) is 1.24. The Morgan fingerprint density at radius 1 is 0.917 bits per heavy atom. The molecule has 0 saturated heterocycles. The van der Waals surface area contributed by atoms with E-state index in [9.17, 15) is 0 Å². The number of benzene rings is 2. The molecule has 2 aliphatic rings. The Hall–Kier alpha value is -2.17. The van der Waals surface area contributed by atoms with E-state index in [-0.39, 0.29) is 42.4 Å². The van der Waals surface area contributed by atoms with Gasteiger partial charge in [0.15, 0.2) is 12.4 Å². The first-order valence-electron chi connectivity index (χ1n) is 10.9. The van der Waals surface area contributed by atoms with Gasteiger partial charge in [0.1, 0.15) is 0 Å². The summed E-state index contributed by atoms with van der Waals surface area (Å²) in [6.07, 6.45) is 3.68. The molecule has 0 bridgehead atoms. The molecule has 0 saturated carbocycles. The third-order valence-corrected chi connectivity index (χ3v) is 5.80. The molecule has 0 fully saturated rings. The summed E-state index contributed by atoms with van der Waals surface area (Å²) in [6, 6.07) is 15.5. The first-order chi connectivity index (χ1) is 16.8. The fourth-order valence-electron chi connectivity index (χ4n) is 3.18. The Morgan fingerprint density at radius 2 is 1.47 bits per heavy atom. The van der Waals surface area contributed by atoms with Crippen molar-refractivity contribution in [3.63, 3.8) is 0 Å². The molecule has 186 valence electrons. The van der Waals surface area contributed by atoms with Crippen LogP contribution in [0.5, 0.6) is 0 Å². The van der Waals surface area contributed by atoms with Crippen molar-refractivity contribution in [2.45, 2.75) is 25.3 Å². The molecule has 3 N–H and O–H groups in total. The third kappa shape index (κ3) is 10.8. The Morgan fingerprint density at radius 3 is 1.94 bits per heavy atom. The second-order valence-electron chi connectivity index (χ2n) is 7.42. The molecule has 0 spiro atoms. The van der Waals surface area contributed by atoms with Gasteiger partial charge in [0.05, 0.1) is 24.5 Å². The summed E-state index contributed by atoms with van der Waals surface area (Å²) >= 11 is 17.3.